The van der Waals surface area contributed by atoms with E-state index in [9.17, 15) is 13.2 Å². The van der Waals surface area contributed by atoms with Crippen LogP contribution in [0.15, 0.2) is 12.1 Å². The first-order valence-electron chi connectivity index (χ1n) is 4.43. The minimum atomic E-state index is -1.07. The Labute approximate surface area is 79.9 Å². The zero-order valence-corrected chi connectivity index (χ0v) is 7.70. The molecule has 0 atom stereocenters. The minimum Gasteiger partial charge on any atom is -0.310 e. The molecule has 1 aliphatic carbocycles. The van der Waals surface area contributed by atoms with Crippen molar-refractivity contribution in [3.05, 3.63) is 35.1 Å². The van der Waals surface area contributed by atoms with E-state index in [1.54, 1.807) is 7.05 Å². The first kappa shape index (κ1) is 9.52. The van der Waals surface area contributed by atoms with Gasteiger partial charge in [0.1, 0.15) is 5.82 Å². The molecule has 0 saturated heterocycles. The van der Waals surface area contributed by atoms with E-state index in [4.69, 9.17) is 0 Å². The third-order valence-corrected chi connectivity index (χ3v) is 2.75. The molecule has 76 valence electrons. The van der Waals surface area contributed by atoms with Gasteiger partial charge in [0.2, 0.25) is 0 Å². The molecule has 1 fully saturated rings. The maximum Gasteiger partial charge on any atom is 0.166 e. The number of rotatable bonds is 2. The van der Waals surface area contributed by atoms with Gasteiger partial charge in [-0.25, -0.2) is 13.2 Å². The highest BCUT2D eigenvalue weighted by molar-refractivity contribution is 5.33. The van der Waals surface area contributed by atoms with Gasteiger partial charge in [-0.3, -0.25) is 0 Å². The first-order chi connectivity index (χ1) is 6.60. The third kappa shape index (κ3) is 1.21. The molecule has 1 aromatic rings. The molecule has 4 heteroatoms. The van der Waals surface area contributed by atoms with E-state index in [0.29, 0.717) is 12.8 Å². The smallest absolute Gasteiger partial charge is 0.166 e. The van der Waals surface area contributed by atoms with Crippen molar-refractivity contribution in [1.29, 1.82) is 0 Å². The van der Waals surface area contributed by atoms with Gasteiger partial charge in [0.15, 0.2) is 11.6 Å². The molecule has 0 aliphatic heterocycles. The highest BCUT2D eigenvalue weighted by Crippen LogP contribution is 2.47. The molecule has 1 nitrogen and oxygen atoms in total. The Bertz CT molecular complexity index is 372. The van der Waals surface area contributed by atoms with Crippen LogP contribution in [0.4, 0.5) is 13.2 Å². The molecule has 1 N–H and O–H groups in total. The van der Waals surface area contributed by atoms with Crippen LogP contribution in [0.1, 0.15) is 18.4 Å². The Morgan fingerprint density at radius 3 is 2.21 bits per heavy atom. The second-order valence-corrected chi connectivity index (χ2v) is 3.55. The van der Waals surface area contributed by atoms with E-state index in [1.807, 2.05) is 0 Å². The first-order valence-corrected chi connectivity index (χ1v) is 4.43. The number of hydrogen-bond acceptors (Lipinski definition) is 1. The van der Waals surface area contributed by atoms with Gasteiger partial charge in [0.05, 0.1) is 0 Å². The van der Waals surface area contributed by atoms with Crippen LogP contribution in [0, 0.1) is 17.5 Å². The summed E-state index contributed by atoms with van der Waals surface area (Å²) in [6.45, 7) is 0. The Kier molecular flexibility index (Phi) is 2.03. The van der Waals surface area contributed by atoms with E-state index >= 15 is 0 Å². The third-order valence-electron chi connectivity index (χ3n) is 2.75. The standard InChI is InChI=1S/C10H10F3N/c1-14-10(4-5-10)8-6(11)2-3-7(12)9(8)13/h2-3,14H,4-5H2,1H3. The summed E-state index contributed by atoms with van der Waals surface area (Å²) in [6.07, 6.45) is 1.28. The van der Waals surface area contributed by atoms with Crippen molar-refractivity contribution < 1.29 is 13.2 Å². The lowest BCUT2D eigenvalue weighted by Gasteiger charge is -2.16. The van der Waals surface area contributed by atoms with Gasteiger partial charge >= 0.3 is 0 Å². The van der Waals surface area contributed by atoms with Crippen LogP contribution < -0.4 is 5.32 Å². The fourth-order valence-electron chi connectivity index (χ4n) is 1.72. The quantitative estimate of drug-likeness (QED) is 0.724. The average molecular weight is 201 g/mol. The van der Waals surface area contributed by atoms with Gasteiger partial charge < -0.3 is 5.32 Å². The molecule has 0 unspecified atom stereocenters. The highest BCUT2D eigenvalue weighted by Gasteiger charge is 2.47. The molecule has 0 aromatic heterocycles. The van der Waals surface area contributed by atoms with Crippen LogP contribution in [0.3, 0.4) is 0 Å². The molecule has 0 spiro atoms. The van der Waals surface area contributed by atoms with Crippen LogP contribution in [0.25, 0.3) is 0 Å². The van der Waals surface area contributed by atoms with Crippen molar-refractivity contribution in [2.24, 2.45) is 0 Å². The van der Waals surface area contributed by atoms with Crippen molar-refractivity contribution in [2.75, 3.05) is 7.05 Å². The average Bonchev–Trinajstić information content (AvgIpc) is 2.93. The number of benzene rings is 1. The van der Waals surface area contributed by atoms with Crippen LogP contribution in [-0.4, -0.2) is 7.05 Å². The van der Waals surface area contributed by atoms with Crippen LogP contribution in [0.5, 0.6) is 0 Å². The van der Waals surface area contributed by atoms with E-state index in [1.165, 1.54) is 0 Å². The van der Waals surface area contributed by atoms with E-state index < -0.39 is 23.0 Å². The summed E-state index contributed by atoms with van der Waals surface area (Å²) >= 11 is 0. The summed E-state index contributed by atoms with van der Waals surface area (Å²) in [6, 6.07) is 1.77. The largest absolute Gasteiger partial charge is 0.310 e. The van der Waals surface area contributed by atoms with Crippen molar-refractivity contribution in [3.8, 4) is 0 Å². The van der Waals surface area contributed by atoms with Crippen LogP contribution in [-0.2, 0) is 5.54 Å². The molecule has 0 heterocycles. The molecule has 0 bridgehead atoms. The summed E-state index contributed by atoms with van der Waals surface area (Å²) in [4.78, 5) is 0. The lowest BCUT2D eigenvalue weighted by molar-refractivity contribution is 0.440. The summed E-state index contributed by atoms with van der Waals surface area (Å²) in [7, 11) is 1.62. The lowest BCUT2D eigenvalue weighted by Crippen LogP contribution is -2.27. The van der Waals surface area contributed by atoms with E-state index in [-0.39, 0.29) is 5.56 Å². The molecule has 2 rings (SSSR count). The van der Waals surface area contributed by atoms with Crippen molar-refractivity contribution >= 4 is 0 Å². The van der Waals surface area contributed by atoms with Gasteiger partial charge in [-0.2, -0.15) is 0 Å². The maximum absolute atomic E-state index is 13.3. The van der Waals surface area contributed by atoms with Gasteiger partial charge in [-0.15, -0.1) is 0 Å². The molecule has 0 radical (unpaired) electrons. The van der Waals surface area contributed by atoms with Gasteiger partial charge in [-0.05, 0) is 32.0 Å². The van der Waals surface area contributed by atoms with Crippen molar-refractivity contribution in [1.82, 2.24) is 5.32 Å². The monoisotopic (exact) mass is 201 g/mol. The molecule has 1 aliphatic rings. The summed E-state index contributed by atoms with van der Waals surface area (Å²) in [5.74, 6) is -2.75. The molecule has 1 aromatic carbocycles. The van der Waals surface area contributed by atoms with Crippen molar-refractivity contribution in [3.63, 3.8) is 0 Å². The minimum absolute atomic E-state index is 0.167. The second-order valence-electron chi connectivity index (χ2n) is 3.55. The zero-order chi connectivity index (χ0) is 10.3. The molecule has 0 amide bonds. The zero-order valence-electron chi connectivity index (χ0n) is 7.70. The molecule has 1 saturated carbocycles. The molecular weight excluding hydrogens is 191 g/mol. The number of nitrogens with one attached hydrogen (secondary N) is 1. The topological polar surface area (TPSA) is 12.0 Å². The fourth-order valence-corrected chi connectivity index (χ4v) is 1.72. The number of hydrogen-bond donors (Lipinski definition) is 1. The van der Waals surface area contributed by atoms with Crippen molar-refractivity contribution in [2.45, 2.75) is 18.4 Å². The Morgan fingerprint density at radius 1 is 1.14 bits per heavy atom. The van der Waals surface area contributed by atoms with E-state index in [2.05, 4.69) is 5.32 Å². The Hall–Kier alpha value is -1.03. The normalized spacial score (nSPS) is 18.3. The summed E-state index contributed by atoms with van der Waals surface area (Å²) < 4.78 is 39.5. The van der Waals surface area contributed by atoms with Gasteiger partial charge in [0, 0.05) is 11.1 Å². The van der Waals surface area contributed by atoms with Gasteiger partial charge in [-0.1, -0.05) is 0 Å². The summed E-state index contributed by atoms with van der Waals surface area (Å²) in [5, 5.41) is 2.83. The molecule has 14 heavy (non-hydrogen) atoms. The predicted molar refractivity (Wildman–Crippen MR) is 46.3 cm³/mol. The fraction of sp³-hybridized carbons (Fsp3) is 0.400. The second kappa shape index (κ2) is 2.98. The maximum atomic E-state index is 13.3. The highest BCUT2D eigenvalue weighted by atomic mass is 19.2. The number of halogens is 3. The van der Waals surface area contributed by atoms with Crippen LogP contribution >= 0.6 is 0 Å². The Morgan fingerprint density at radius 2 is 1.71 bits per heavy atom. The lowest BCUT2D eigenvalue weighted by atomic mass is 10.0. The Balaban J connectivity index is 2.57. The van der Waals surface area contributed by atoms with Crippen LogP contribution in [0.2, 0.25) is 0 Å². The van der Waals surface area contributed by atoms with Gasteiger partial charge in [0.25, 0.3) is 0 Å². The molecular formula is C10H10F3N. The predicted octanol–water partition coefficient (Wildman–Crippen LogP) is 2.31. The summed E-state index contributed by atoms with van der Waals surface area (Å²) in [5.41, 5.74) is -0.851. The van der Waals surface area contributed by atoms with E-state index in [0.717, 1.165) is 12.1 Å². The SMILES string of the molecule is CNC1(c2c(F)ccc(F)c2F)CC1.